The van der Waals surface area contributed by atoms with Crippen LogP contribution in [0.1, 0.15) is 22.3 Å². The Hall–Kier alpha value is -2.94. The molecule has 0 aliphatic carbocycles. The number of fused-ring (bicyclic) bond motifs is 1. The number of alkyl halides is 6. The Labute approximate surface area is 175 Å². The average Bonchev–Trinajstić information content (AvgIpc) is 2.65. The van der Waals surface area contributed by atoms with Crippen LogP contribution in [0.25, 0.3) is 21.9 Å². The maximum Gasteiger partial charge on any atom is 0.416 e. The van der Waals surface area contributed by atoms with Crippen LogP contribution < -0.4 is 0 Å². The fourth-order valence-electron chi connectivity index (χ4n) is 3.00. The van der Waals surface area contributed by atoms with Crippen molar-refractivity contribution in [3.05, 3.63) is 68.7 Å². The van der Waals surface area contributed by atoms with Gasteiger partial charge in [0, 0.05) is 5.56 Å². The molecule has 0 unspecified atom stereocenters. The van der Waals surface area contributed by atoms with E-state index in [4.69, 9.17) is 23.2 Å². The highest BCUT2D eigenvalue weighted by Gasteiger charge is 2.37. The molecule has 0 fully saturated rings. The van der Waals surface area contributed by atoms with Crippen molar-refractivity contribution in [3.8, 4) is 23.3 Å². The Morgan fingerprint density at radius 2 is 1.23 bits per heavy atom. The molecule has 0 saturated carbocycles. The lowest BCUT2D eigenvalue weighted by atomic mass is 9.89. The van der Waals surface area contributed by atoms with E-state index in [9.17, 15) is 36.9 Å². The molecule has 3 aromatic carbocycles. The molecule has 152 valence electrons. The second-order valence-electron chi connectivity index (χ2n) is 6.18. The van der Waals surface area contributed by atoms with Crippen molar-refractivity contribution < 1.29 is 26.3 Å². The minimum Gasteiger partial charge on any atom is -0.192 e. The molecule has 0 amide bonds. The van der Waals surface area contributed by atoms with Crippen LogP contribution in [-0.4, -0.2) is 0 Å². The molecule has 2 nitrogen and oxygen atoms in total. The standard InChI is InChI=1S/C20H6Cl2F6N2/c21-16-4-9-1-11(7-29)15(8-30)18(14(9)6-17(16)22)10-2-12(19(23,24)25)5-13(3-10)20(26,27)28/h1-6H. The van der Waals surface area contributed by atoms with Crippen LogP contribution in [0.3, 0.4) is 0 Å². The lowest BCUT2D eigenvalue weighted by Crippen LogP contribution is -2.11. The van der Waals surface area contributed by atoms with E-state index in [1.807, 2.05) is 0 Å². The first-order chi connectivity index (χ1) is 13.9. The Bertz CT molecular complexity index is 1230. The topological polar surface area (TPSA) is 47.6 Å². The van der Waals surface area contributed by atoms with Crippen LogP contribution >= 0.6 is 23.2 Å². The predicted molar refractivity (Wildman–Crippen MR) is 98.8 cm³/mol. The zero-order valence-corrected chi connectivity index (χ0v) is 15.9. The van der Waals surface area contributed by atoms with E-state index in [-0.39, 0.29) is 43.6 Å². The lowest BCUT2D eigenvalue weighted by Gasteiger charge is -2.17. The molecule has 0 N–H and O–H groups in total. The quantitative estimate of drug-likeness (QED) is 0.352. The smallest absolute Gasteiger partial charge is 0.192 e. The number of hydrogen-bond acceptors (Lipinski definition) is 2. The van der Waals surface area contributed by atoms with Crippen LogP contribution in [0.5, 0.6) is 0 Å². The normalized spacial score (nSPS) is 11.9. The SMILES string of the molecule is N#Cc1cc2cc(Cl)c(Cl)cc2c(-c2cc(C(F)(F)F)cc(C(F)(F)F)c2)c1C#N. The molecule has 0 bridgehead atoms. The molecule has 0 saturated heterocycles. The first-order valence-electron chi connectivity index (χ1n) is 7.92. The molecule has 0 aromatic heterocycles. The third kappa shape index (κ3) is 3.89. The Morgan fingerprint density at radius 3 is 1.70 bits per heavy atom. The molecule has 0 heterocycles. The summed E-state index contributed by atoms with van der Waals surface area (Å²) in [5.41, 5.74) is -4.52. The fourth-order valence-corrected chi connectivity index (χ4v) is 3.33. The third-order valence-corrected chi connectivity index (χ3v) is 5.01. The van der Waals surface area contributed by atoms with Gasteiger partial charge in [-0.2, -0.15) is 36.9 Å². The number of rotatable bonds is 1. The van der Waals surface area contributed by atoms with Gasteiger partial charge in [0.15, 0.2) is 0 Å². The van der Waals surface area contributed by atoms with Gasteiger partial charge < -0.3 is 0 Å². The van der Waals surface area contributed by atoms with E-state index in [0.29, 0.717) is 12.1 Å². The highest BCUT2D eigenvalue weighted by atomic mass is 35.5. The lowest BCUT2D eigenvalue weighted by molar-refractivity contribution is -0.143. The molecular formula is C20H6Cl2F6N2. The van der Waals surface area contributed by atoms with Gasteiger partial charge in [-0.15, -0.1) is 0 Å². The van der Waals surface area contributed by atoms with E-state index in [0.717, 1.165) is 0 Å². The Kier molecular flexibility index (Phi) is 5.36. The second-order valence-corrected chi connectivity index (χ2v) is 6.99. The molecule has 0 spiro atoms. The molecule has 0 atom stereocenters. The van der Waals surface area contributed by atoms with Gasteiger partial charge in [0.05, 0.1) is 32.3 Å². The number of nitriles is 2. The van der Waals surface area contributed by atoms with Gasteiger partial charge in [-0.05, 0) is 52.7 Å². The summed E-state index contributed by atoms with van der Waals surface area (Å²) in [7, 11) is 0. The van der Waals surface area contributed by atoms with Crippen LogP contribution in [0.2, 0.25) is 10.0 Å². The van der Waals surface area contributed by atoms with Gasteiger partial charge >= 0.3 is 12.4 Å². The first-order valence-corrected chi connectivity index (χ1v) is 8.68. The van der Waals surface area contributed by atoms with Crippen LogP contribution in [0, 0.1) is 22.7 Å². The van der Waals surface area contributed by atoms with Crippen molar-refractivity contribution in [1.82, 2.24) is 0 Å². The van der Waals surface area contributed by atoms with Crippen molar-refractivity contribution in [3.63, 3.8) is 0 Å². The summed E-state index contributed by atoms with van der Waals surface area (Å²) in [5.74, 6) is 0. The molecule has 0 aliphatic rings. The van der Waals surface area contributed by atoms with Crippen molar-refractivity contribution in [2.45, 2.75) is 12.4 Å². The van der Waals surface area contributed by atoms with Gasteiger partial charge in [0.1, 0.15) is 12.1 Å². The highest BCUT2D eigenvalue weighted by molar-refractivity contribution is 6.43. The van der Waals surface area contributed by atoms with E-state index in [1.165, 1.54) is 18.2 Å². The Balaban J connectivity index is 2.54. The molecule has 0 aliphatic heterocycles. The fraction of sp³-hybridized carbons (Fsp3) is 0.100. The van der Waals surface area contributed by atoms with Crippen molar-refractivity contribution in [2.24, 2.45) is 0 Å². The molecule has 3 aromatic rings. The summed E-state index contributed by atoms with van der Waals surface area (Å²) < 4.78 is 79.7. The van der Waals surface area contributed by atoms with Crippen LogP contribution in [0.15, 0.2) is 36.4 Å². The zero-order chi connectivity index (χ0) is 22.4. The van der Waals surface area contributed by atoms with Crippen molar-refractivity contribution >= 4 is 34.0 Å². The summed E-state index contributed by atoms with van der Waals surface area (Å²) in [6.07, 6.45) is -10.2. The van der Waals surface area contributed by atoms with Crippen LogP contribution in [-0.2, 0) is 12.4 Å². The van der Waals surface area contributed by atoms with Gasteiger partial charge in [0.25, 0.3) is 0 Å². The largest absolute Gasteiger partial charge is 0.416 e. The van der Waals surface area contributed by atoms with E-state index in [2.05, 4.69) is 0 Å². The van der Waals surface area contributed by atoms with E-state index < -0.39 is 29.0 Å². The van der Waals surface area contributed by atoms with Gasteiger partial charge in [-0.25, -0.2) is 0 Å². The van der Waals surface area contributed by atoms with Gasteiger partial charge in [-0.1, -0.05) is 23.2 Å². The van der Waals surface area contributed by atoms with Crippen LogP contribution in [0.4, 0.5) is 26.3 Å². The molecule has 10 heteroatoms. The van der Waals surface area contributed by atoms with E-state index >= 15 is 0 Å². The summed E-state index contributed by atoms with van der Waals surface area (Å²) in [5, 5.41) is 19.2. The maximum absolute atomic E-state index is 13.3. The average molecular weight is 459 g/mol. The minimum atomic E-state index is -5.08. The number of halogens is 8. The highest BCUT2D eigenvalue weighted by Crippen LogP contribution is 2.43. The van der Waals surface area contributed by atoms with Crippen molar-refractivity contribution in [2.75, 3.05) is 0 Å². The van der Waals surface area contributed by atoms with E-state index in [1.54, 1.807) is 12.1 Å². The summed E-state index contributed by atoms with van der Waals surface area (Å²) in [4.78, 5) is 0. The third-order valence-electron chi connectivity index (χ3n) is 4.29. The van der Waals surface area contributed by atoms with Crippen molar-refractivity contribution in [1.29, 1.82) is 10.5 Å². The zero-order valence-electron chi connectivity index (χ0n) is 14.4. The summed E-state index contributed by atoms with van der Waals surface area (Å²) in [6.45, 7) is 0. The van der Waals surface area contributed by atoms with Gasteiger partial charge in [-0.3, -0.25) is 0 Å². The molecule has 3 rings (SSSR count). The maximum atomic E-state index is 13.3. The van der Waals surface area contributed by atoms with Gasteiger partial charge in [0.2, 0.25) is 0 Å². The Morgan fingerprint density at radius 1 is 0.700 bits per heavy atom. The molecular weight excluding hydrogens is 453 g/mol. The first kappa shape index (κ1) is 21.8. The molecule has 30 heavy (non-hydrogen) atoms. The minimum absolute atomic E-state index is 0.0181. The predicted octanol–water partition coefficient (Wildman–Crippen LogP) is 7.59. The summed E-state index contributed by atoms with van der Waals surface area (Å²) >= 11 is 11.9. The second kappa shape index (κ2) is 7.39. The number of nitrogens with zero attached hydrogens (tertiary/aromatic N) is 2. The molecule has 0 radical (unpaired) electrons. The monoisotopic (exact) mass is 458 g/mol. The number of hydrogen-bond donors (Lipinski definition) is 0. The number of benzene rings is 3. The summed E-state index contributed by atoms with van der Waals surface area (Å²) in [6, 6.07) is 8.19.